The van der Waals surface area contributed by atoms with Gasteiger partial charge in [-0.2, -0.15) is 0 Å². The number of hydrogen-bond donors (Lipinski definition) is 1. The Morgan fingerprint density at radius 2 is 2.28 bits per heavy atom. The van der Waals surface area contributed by atoms with Crippen molar-refractivity contribution < 1.29 is 9.15 Å². The van der Waals surface area contributed by atoms with Gasteiger partial charge in [-0.1, -0.05) is 12.1 Å². The third kappa shape index (κ3) is 2.90. The third-order valence-corrected chi connectivity index (χ3v) is 2.92. The molecular weight excluding hydrogens is 228 g/mol. The van der Waals surface area contributed by atoms with Gasteiger partial charge < -0.3 is 14.5 Å². The topological polar surface area (TPSA) is 47.3 Å². The van der Waals surface area contributed by atoms with Crippen molar-refractivity contribution >= 4 is 0 Å². The molecule has 4 nitrogen and oxygen atoms in total. The summed E-state index contributed by atoms with van der Waals surface area (Å²) < 4.78 is 10.9. The number of nitrogens with zero attached hydrogens (tertiary/aromatic N) is 1. The summed E-state index contributed by atoms with van der Waals surface area (Å²) in [6.45, 7) is 2.04. The lowest BCUT2D eigenvalue weighted by molar-refractivity contribution is 0.412. The highest BCUT2D eigenvalue weighted by molar-refractivity contribution is 5.29. The van der Waals surface area contributed by atoms with Crippen LogP contribution in [0.5, 0.6) is 5.75 Å². The Kier molecular flexibility index (Phi) is 3.99. The first kappa shape index (κ1) is 12.6. The minimum absolute atomic E-state index is 0.177. The number of benzene rings is 1. The van der Waals surface area contributed by atoms with E-state index >= 15 is 0 Å². The zero-order valence-electron chi connectivity index (χ0n) is 10.9. The maximum absolute atomic E-state index is 5.70. The molecule has 0 amide bonds. The molecule has 0 saturated heterocycles. The second-order valence-electron chi connectivity index (χ2n) is 4.20. The van der Waals surface area contributed by atoms with Crippen molar-refractivity contribution in [2.75, 3.05) is 14.2 Å². The normalized spacial score (nSPS) is 12.4. The molecule has 1 atom stereocenters. The van der Waals surface area contributed by atoms with Crippen LogP contribution in [0.15, 0.2) is 34.9 Å². The summed E-state index contributed by atoms with van der Waals surface area (Å²) in [5.41, 5.74) is 1.12. The Bertz CT molecular complexity index is 508. The van der Waals surface area contributed by atoms with Gasteiger partial charge in [0, 0.05) is 6.42 Å². The van der Waals surface area contributed by atoms with E-state index in [0.717, 1.165) is 23.0 Å². The predicted octanol–water partition coefficient (Wildman–Crippen LogP) is 2.55. The van der Waals surface area contributed by atoms with E-state index in [2.05, 4.69) is 10.3 Å². The quantitative estimate of drug-likeness (QED) is 0.880. The number of methoxy groups -OCH3 is 1. The smallest absolute Gasteiger partial charge is 0.198 e. The van der Waals surface area contributed by atoms with E-state index in [1.165, 1.54) is 0 Å². The molecule has 0 saturated carbocycles. The molecule has 0 aliphatic rings. The molecule has 1 heterocycles. The van der Waals surface area contributed by atoms with Crippen LogP contribution in [-0.4, -0.2) is 19.1 Å². The van der Waals surface area contributed by atoms with Crippen LogP contribution in [-0.2, 0) is 6.42 Å². The lowest BCUT2D eigenvalue weighted by Gasteiger charge is -2.05. The van der Waals surface area contributed by atoms with Gasteiger partial charge in [-0.15, -0.1) is 0 Å². The number of hydrogen-bond acceptors (Lipinski definition) is 4. The summed E-state index contributed by atoms with van der Waals surface area (Å²) in [5.74, 6) is 2.43. The van der Waals surface area contributed by atoms with Crippen molar-refractivity contribution in [3.05, 3.63) is 47.7 Å². The molecule has 96 valence electrons. The Morgan fingerprint density at radius 3 is 3.00 bits per heavy atom. The van der Waals surface area contributed by atoms with Crippen LogP contribution < -0.4 is 10.1 Å². The Balaban J connectivity index is 2.11. The van der Waals surface area contributed by atoms with Gasteiger partial charge in [0.15, 0.2) is 5.89 Å². The summed E-state index contributed by atoms with van der Waals surface area (Å²) in [7, 11) is 3.56. The molecule has 0 radical (unpaired) electrons. The predicted molar refractivity (Wildman–Crippen MR) is 69.8 cm³/mol. The first-order valence-corrected chi connectivity index (χ1v) is 5.97. The fraction of sp³-hybridized carbons (Fsp3) is 0.357. The average Bonchev–Trinajstić information content (AvgIpc) is 2.86. The lowest BCUT2D eigenvalue weighted by Crippen LogP contribution is -2.11. The van der Waals surface area contributed by atoms with Crippen molar-refractivity contribution in [2.24, 2.45) is 0 Å². The summed E-state index contributed by atoms with van der Waals surface area (Å²) in [5, 5.41) is 3.12. The van der Waals surface area contributed by atoms with Crippen molar-refractivity contribution in [3.8, 4) is 5.75 Å². The summed E-state index contributed by atoms with van der Waals surface area (Å²) in [4.78, 5) is 4.29. The van der Waals surface area contributed by atoms with Crippen molar-refractivity contribution in [2.45, 2.75) is 19.4 Å². The molecule has 18 heavy (non-hydrogen) atoms. The maximum Gasteiger partial charge on any atom is 0.198 e. The van der Waals surface area contributed by atoms with Gasteiger partial charge in [-0.3, -0.25) is 0 Å². The van der Waals surface area contributed by atoms with E-state index in [0.29, 0.717) is 6.42 Å². The molecule has 1 N–H and O–H groups in total. The molecule has 0 aliphatic carbocycles. The Morgan fingerprint density at radius 1 is 1.44 bits per heavy atom. The van der Waals surface area contributed by atoms with E-state index < -0.39 is 0 Å². The molecule has 0 aliphatic heterocycles. The molecule has 4 heteroatoms. The molecule has 1 unspecified atom stereocenters. The number of aromatic nitrogens is 1. The molecule has 1 aromatic heterocycles. The van der Waals surface area contributed by atoms with Gasteiger partial charge in [0.2, 0.25) is 0 Å². The number of rotatable bonds is 5. The molecule has 0 spiro atoms. The second kappa shape index (κ2) is 5.69. The van der Waals surface area contributed by atoms with Crippen molar-refractivity contribution in [1.82, 2.24) is 10.3 Å². The van der Waals surface area contributed by atoms with Crippen LogP contribution in [0.3, 0.4) is 0 Å². The first-order chi connectivity index (χ1) is 8.72. The van der Waals surface area contributed by atoms with Crippen molar-refractivity contribution in [1.29, 1.82) is 0 Å². The molecule has 0 bridgehead atoms. The minimum atomic E-state index is 0.177. The SMILES string of the molecule is CNC(C)c1cnc(Cc2cccc(OC)c2)o1. The Hall–Kier alpha value is -1.81. The number of oxazole rings is 1. The van der Waals surface area contributed by atoms with E-state index in [-0.39, 0.29) is 6.04 Å². The van der Waals surface area contributed by atoms with Crippen molar-refractivity contribution in [3.63, 3.8) is 0 Å². The number of ether oxygens (including phenoxy) is 1. The van der Waals surface area contributed by atoms with Crippen LogP contribution in [0.4, 0.5) is 0 Å². The Labute approximate surface area is 107 Å². The van der Waals surface area contributed by atoms with Crippen LogP contribution in [0, 0.1) is 0 Å². The van der Waals surface area contributed by atoms with Crippen LogP contribution >= 0.6 is 0 Å². The lowest BCUT2D eigenvalue weighted by atomic mass is 10.1. The summed E-state index contributed by atoms with van der Waals surface area (Å²) >= 11 is 0. The zero-order chi connectivity index (χ0) is 13.0. The van der Waals surface area contributed by atoms with Gasteiger partial charge in [0.05, 0.1) is 19.3 Å². The first-order valence-electron chi connectivity index (χ1n) is 5.97. The molecule has 2 rings (SSSR count). The standard InChI is InChI=1S/C14H18N2O2/c1-10(15-2)13-9-16-14(18-13)8-11-5-4-6-12(7-11)17-3/h4-7,9-10,15H,8H2,1-3H3. The van der Waals surface area contributed by atoms with E-state index in [1.54, 1.807) is 13.3 Å². The largest absolute Gasteiger partial charge is 0.497 e. The zero-order valence-corrected chi connectivity index (χ0v) is 10.9. The maximum atomic E-state index is 5.70. The van der Waals surface area contributed by atoms with Crippen LogP contribution in [0.25, 0.3) is 0 Å². The van der Waals surface area contributed by atoms with Crippen LogP contribution in [0.2, 0.25) is 0 Å². The van der Waals surface area contributed by atoms with Crippen LogP contribution in [0.1, 0.15) is 30.2 Å². The molecule has 0 fully saturated rings. The molecular formula is C14H18N2O2. The monoisotopic (exact) mass is 246 g/mol. The second-order valence-corrected chi connectivity index (χ2v) is 4.20. The van der Waals surface area contributed by atoms with Gasteiger partial charge in [-0.25, -0.2) is 4.98 Å². The summed E-state index contributed by atoms with van der Waals surface area (Å²) in [6, 6.07) is 8.10. The highest BCUT2D eigenvalue weighted by atomic mass is 16.5. The third-order valence-electron chi connectivity index (χ3n) is 2.92. The highest BCUT2D eigenvalue weighted by Crippen LogP contribution is 2.18. The molecule has 2 aromatic rings. The minimum Gasteiger partial charge on any atom is -0.497 e. The van der Waals surface area contributed by atoms with E-state index in [9.17, 15) is 0 Å². The van der Waals surface area contributed by atoms with E-state index in [1.807, 2.05) is 38.2 Å². The fourth-order valence-corrected chi connectivity index (χ4v) is 1.71. The molecule has 1 aromatic carbocycles. The highest BCUT2D eigenvalue weighted by Gasteiger charge is 2.10. The van der Waals surface area contributed by atoms with Gasteiger partial charge in [0.25, 0.3) is 0 Å². The number of nitrogens with one attached hydrogen (secondary N) is 1. The summed E-state index contributed by atoms with van der Waals surface area (Å²) in [6.07, 6.45) is 2.45. The average molecular weight is 246 g/mol. The van der Waals surface area contributed by atoms with Gasteiger partial charge in [-0.05, 0) is 31.7 Å². The van der Waals surface area contributed by atoms with Gasteiger partial charge in [0.1, 0.15) is 11.5 Å². The fourth-order valence-electron chi connectivity index (χ4n) is 1.71. The van der Waals surface area contributed by atoms with E-state index in [4.69, 9.17) is 9.15 Å². The van der Waals surface area contributed by atoms with Gasteiger partial charge >= 0.3 is 0 Å².